The molecule has 2 N–H and O–H groups in total. The maximum absolute atomic E-state index is 13.8. The second-order valence-corrected chi connectivity index (χ2v) is 12.6. The molecule has 0 spiro atoms. The van der Waals surface area contributed by atoms with Crippen molar-refractivity contribution < 1.29 is 19.1 Å². The number of pyridine rings is 1. The molecule has 2 fully saturated rings. The molecule has 1 saturated heterocycles. The molecule has 1 aliphatic carbocycles. The van der Waals surface area contributed by atoms with E-state index in [0.717, 1.165) is 103 Å². The van der Waals surface area contributed by atoms with Crippen molar-refractivity contribution in [1.82, 2.24) is 15.2 Å². The van der Waals surface area contributed by atoms with Gasteiger partial charge in [0.25, 0.3) is 11.5 Å². The third kappa shape index (κ3) is 7.70. The molecule has 0 unspecified atom stereocenters. The van der Waals surface area contributed by atoms with E-state index in [1.54, 1.807) is 0 Å². The van der Waals surface area contributed by atoms with E-state index < -0.39 is 0 Å². The van der Waals surface area contributed by atoms with Crippen LogP contribution in [-0.4, -0.2) is 67.7 Å². The number of aromatic nitrogens is 1. The van der Waals surface area contributed by atoms with Crippen molar-refractivity contribution in [2.45, 2.75) is 66.8 Å². The lowest BCUT2D eigenvalue weighted by Gasteiger charge is -2.28. The number of rotatable bonds is 11. The number of ether oxygens (including phenoxy) is 2. The molecule has 9 nitrogen and oxygen atoms in total. The molecule has 5 rings (SSSR count). The van der Waals surface area contributed by atoms with Gasteiger partial charge >= 0.3 is 0 Å². The fourth-order valence-electron chi connectivity index (χ4n) is 6.74. The minimum atomic E-state index is -0.287. The molecule has 9 heteroatoms. The van der Waals surface area contributed by atoms with Crippen LogP contribution in [0.25, 0.3) is 11.1 Å². The van der Waals surface area contributed by atoms with Gasteiger partial charge in [0.15, 0.2) is 0 Å². The maximum atomic E-state index is 13.8. The Labute approximate surface area is 272 Å². The number of hydrogen-bond acceptors (Lipinski definition) is 6. The maximum Gasteiger partial charge on any atom is 0.253 e. The summed E-state index contributed by atoms with van der Waals surface area (Å²) < 4.78 is 11.5. The topological polar surface area (TPSA) is 104 Å². The quantitative estimate of drug-likeness (QED) is 0.292. The number of carbonyl (C=O) groups excluding carboxylic acids is 2. The Morgan fingerprint density at radius 1 is 1.02 bits per heavy atom. The minimum Gasteiger partial charge on any atom is -0.492 e. The van der Waals surface area contributed by atoms with Gasteiger partial charge in [0.1, 0.15) is 12.4 Å². The molecule has 2 aromatic carbocycles. The average molecular weight is 629 g/mol. The van der Waals surface area contributed by atoms with Crippen molar-refractivity contribution in [2.75, 3.05) is 50.9 Å². The van der Waals surface area contributed by atoms with E-state index in [-0.39, 0.29) is 29.8 Å². The van der Waals surface area contributed by atoms with E-state index in [9.17, 15) is 14.4 Å². The molecule has 0 bridgehead atoms. The molecule has 1 saturated carbocycles. The lowest BCUT2D eigenvalue weighted by molar-refractivity contribution is -0.122. The van der Waals surface area contributed by atoms with Gasteiger partial charge in [-0.15, -0.1) is 0 Å². The first-order chi connectivity index (χ1) is 22.2. The minimum absolute atomic E-state index is 0.00662. The van der Waals surface area contributed by atoms with Crippen molar-refractivity contribution in [3.63, 3.8) is 0 Å². The van der Waals surface area contributed by atoms with Gasteiger partial charge in [-0.05, 0) is 106 Å². The van der Waals surface area contributed by atoms with Crippen LogP contribution < -0.4 is 20.5 Å². The Bertz CT molecular complexity index is 1620. The third-order valence-electron chi connectivity index (χ3n) is 9.41. The molecule has 2 amide bonds. The number of anilines is 1. The molecule has 0 atom stereocenters. The Morgan fingerprint density at radius 2 is 1.76 bits per heavy atom. The van der Waals surface area contributed by atoms with Crippen molar-refractivity contribution >= 4 is 17.5 Å². The molecule has 1 aromatic heterocycles. The van der Waals surface area contributed by atoms with E-state index in [4.69, 9.17) is 9.47 Å². The van der Waals surface area contributed by atoms with Crippen molar-refractivity contribution in [3.8, 4) is 16.9 Å². The van der Waals surface area contributed by atoms with Crippen LogP contribution in [0.3, 0.4) is 0 Å². The fourth-order valence-corrected chi connectivity index (χ4v) is 6.74. The third-order valence-corrected chi connectivity index (χ3v) is 9.41. The molecule has 0 radical (unpaired) electrons. The lowest BCUT2D eigenvalue weighted by Crippen LogP contribution is -2.38. The van der Waals surface area contributed by atoms with Gasteiger partial charge in [-0.3, -0.25) is 19.3 Å². The highest BCUT2D eigenvalue weighted by molar-refractivity contribution is 6.02. The number of nitrogens with zero attached hydrogens (tertiary/aromatic N) is 2. The van der Waals surface area contributed by atoms with Crippen LogP contribution in [-0.2, 0) is 16.1 Å². The van der Waals surface area contributed by atoms with Crippen LogP contribution in [0.15, 0.2) is 41.2 Å². The van der Waals surface area contributed by atoms with Gasteiger partial charge in [0.05, 0.1) is 13.2 Å². The average Bonchev–Trinajstić information content (AvgIpc) is 3.58. The van der Waals surface area contributed by atoms with E-state index >= 15 is 0 Å². The van der Waals surface area contributed by atoms with Gasteiger partial charge < -0.3 is 24.7 Å². The Hall–Kier alpha value is -3.95. The van der Waals surface area contributed by atoms with Gasteiger partial charge in [-0.2, -0.15) is 0 Å². The van der Waals surface area contributed by atoms with E-state index in [2.05, 4.69) is 15.2 Å². The Kier molecular flexibility index (Phi) is 11.0. The van der Waals surface area contributed by atoms with E-state index in [1.807, 2.05) is 75.9 Å². The summed E-state index contributed by atoms with van der Waals surface area (Å²) in [6, 6.07) is 11.9. The van der Waals surface area contributed by atoms with Crippen LogP contribution in [0.2, 0.25) is 0 Å². The SMILES string of the molecule is CCN(C(=O)C1CCCC1)c1cc(-c2ccc(OCCN3CCOCC3)cc2C)cc(C(=O)NCc2c(C)cc(C)[nH]c2=O)c1C. The molecular weight excluding hydrogens is 580 g/mol. The van der Waals surface area contributed by atoms with Crippen LogP contribution >= 0.6 is 0 Å². The zero-order valence-electron chi connectivity index (χ0n) is 28.0. The van der Waals surface area contributed by atoms with Gasteiger partial charge in [0, 0.05) is 61.1 Å². The predicted molar refractivity (Wildman–Crippen MR) is 182 cm³/mol. The first kappa shape index (κ1) is 33.4. The lowest BCUT2D eigenvalue weighted by atomic mass is 9.93. The summed E-state index contributed by atoms with van der Waals surface area (Å²) in [7, 11) is 0. The Morgan fingerprint density at radius 3 is 2.43 bits per heavy atom. The molecule has 246 valence electrons. The fraction of sp³-hybridized carbons (Fsp3) is 0.486. The summed E-state index contributed by atoms with van der Waals surface area (Å²) in [5.41, 5.74) is 6.73. The van der Waals surface area contributed by atoms with Gasteiger partial charge in [0.2, 0.25) is 5.91 Å². The first-order valence-electron chi connectivity index (χ1n) is 16.6. The number of benzene rings is 2. The van der Waals surface area contributed by atoms with Crippen LogP contribution in [0.1, 0.15) is 70.9 Å². The summed E-state index contributed by atoms with van der Waals surface area (Å²) in [6.45, 7) is 15.1. The largest absolute Gasteiger partial charge is 0.492 e. The number of aromatic amines is 1. The number of H-pyrrole nitrogens is 1. The summed E-state index contributed by atoms with van der Waals surface area (Å²) in [5, 5.41) is 2.98. The van der Waals surface area contributed by atoms with Gasteiger partial charge in [-0.25, -0.2) is 0 Å². The van der Waals surface area contributed by atoms with E-state index in [0.29, 0.717) is 24.3 Å². The zero-order chi connectivity index (χ0) is 32.8. The smallest absolute Gasteiger partial charge is 0.253 e. The molecule has 2 aliphatic rings. The van der Waals surface area contributed by atoms with Crippen molar-refractivity contribution in [1.29, 1.82) is 0 Å². The van der Waals surface area contributed by atoms with E-state index in [1.165, 1.54) is 0 Å². The van der Waals surface area contributed by atoms with Crippen LogP contribution in [0, 0.1) is 33.6 Å². The number of aryl methyl sites for hydroxylation is 3. The standard InChI is InChI=1S/C37H48N4O5/c1-6-41(37(44)28-9-7-8-10-28)34-22-29(31-12-11-30(20-25(31)3)46-18-15-40-13-16-45-17-14-40)21-32(27(34)5)35(42)38-23-33-24(2)19-26(4)39-36(33)43/h11-12,19-22,28H,6-10,13-18,23H2,1-5H3,(H,38,42)(H,39,43). The summed E-state index contributed by atoms with van der Waals surface area (Å²) in [4.78, 5) is 47.2. The first-order valence-corrected chi connectivity index (χ1v) is 16.6. The monoisotopic (exact) mass is 628 g/mol. The Balaban J connectivity index is 1.45. The number of nitrogens with one attached hydrogen (secondary N) is 2. The molecule has 2 heterocycles. The highest BCUT2D eigenvalue weighted by Gasteiger charge is 2.29. The molecule has 3 aromatic rings. The van der Waals surface area contributed by atoms with Crippen molar-refractivity contribution in [2.24, 2.45) is 5.92 Å². The molecular formula is C37H48N4O5. The highest BCUT2D eigenvalue weighted by atomic mass is 16.5. The zero-order valence-corrected chi connectivity index (χ0v) is 28.0. The molecule has 1 aliphatic heterocycles. The van der Waals surface area contributed by atoms with Gasteiger partial charge in [-0.1, -0.05) is 18.9 Å². The number of amides is 2. The predicted octanol–water partition coefficient (Wildman–Crippen LogP) is 5.46. The van der Waals surface area contributed by atoms with Crippen LogP contribution in [0.4, 0.5) is 5.69 Å². The number of morpholine rings is 1. The second kappa shape index (κ2) is 15.1. The molecule has 46 heavy (non-hydrogen) atoms. The van der Waals surface area contributed by atoms with Crippen molar-refractivity contribution in [3.05, 3.63) is 80.3 Å². The normalized spacial score (nSPS) is 15.6. The highest BCUT2D eigenvalue weighted by Crippen LogP contribution is 2.36. The second-order valence-electron chi connectivity index (χ2n) is 12.6. The number of hydrogen-bond donors (Lipinski definition) is 2. The van der Waals surface area contributed by atoms with Crippen LogP contribution in [0.5, 0.6) is 5.75 Å². The summed E-state index contributed by atoms with van der Waals surface area (Å²) >= 11 is 0. The number of carbonyl (C=O) groups is 2. The summed E-state index contributed by atoms with van der Waals surface area (Å²) in [5.74, 6) is 0.636. The summed E-state index contributed by atoms with van der Waals surface area (Å²) in [6.07, 6.45) is 3.94.